The molecule has 2 aliphatic heterocycles. The first-order chi connectivity index (χ1) is 10.2. The van der Waals surface area contributed by atoms with Crippen LogP contribution in [0.5, 0.6) is 0 Å². The topological polar surface area (TPSA) is 47.6 Å². The van der Waals surface area contributed by atoms with Gasteiger partial charge in [-0.15, -0.1) is 37.2 Å². The van der Waals surface area contributed by atoms with Crippen molar-refractivity contribution in [3.8, 4) is 0 Å². The minimum Gasteiger partial charge on any atom is -0.354 e. The molecule has 146 valence electrons. The van der Waals surface area contributed by atoms with Gasteiger partial charge in [0.15, 0.2) is 0 Å². The number of hydrogen-bond acceptors (Lipinski definition) is 4. The lowest BCUT2D eigenvalue weighted by atomic mass is 10.0. The van der Waals surface area contributed by atoms with Crippen molar-refractivity contribution in [2.75, 3.05) is 52.4 Å². The molecule has 0 aromatic rings. The SMILES string of the molecule is CCN1CCN(CC(C)CNC(=O)[C@H]2CCCCN2)CC1.Cl.Cl.Cl. The van der Waals surface area contributed by atoms with Gasteiger partial charge in [-0.2, -0.15) is 0 Å². The molecule has 0 radical (unpaired) electrons. The highest BCUT2D eigenvalue weighted by Gasteiger charge is 2.21. The van der Waals surface area contributed by atoms with E-state index < -0.39 is 0 Å². The summed E-state index contributed by atoms with van der Waals surface area (Å²) in [6.45, 7) is 13.2. The van der Waals surface area contributed by atoms with E-state index in [1.165, 1.54) is 25.9 Å². The fraction of sp³-hybridized carbons (Fsp3) is 0.938. The minimum atomic E-state index is 0. The lowest BCUT2D eigenvalue weighted by molar-refractivity contribution is -0.123. The van der Waals surface area contributed by atoms with E-state index in [1.54, 1.807) is 0 Å². The fourth-order valence-electron chi connectivity index (χ4n) is 3.27. The number of nitrogens with zero attached hydrogens (tertiary/aromatic N) is 2. The van der Waals surface area contributed by atoms with E-state index in [0.717, 1.165) is 45.7 Å². The number of rotatable bonds is 6. The molecule has 5 nitrogen and oxygen atoms in total. The van der Waals surface area contributed by atoms with Gasteiger partial charge in [-0.1, -0.05) is 20.3 Å². The second-order valence-electron chi connectivity index (χ2n) is 6.59. The lowest BCUT2D eigenvalue weighted by Gasteiger charge is -2.35. The standard InChI is InChI=1S/C16H32N4O.3ClH/c1-3-19-8-10-20(11-9-19)13-14(2)12-18-16(21)15-6-4-5-7-17-15;;;/h14-15,17H,3-13H2,1-2H3,(H,18,21);3*1H/t14?,15-;;;/m1.../s1. The van der Waals surface area contributed by atoms with Crippen LogP contribution in [0.2, 0.25) is 0 Å². The van der Waals surface area contributed by atoms with Crippen LogP contribution in [0.4, 0.5) is 0 Å². The van der Waals surface area contributed by atoms with Crippen LogP contribution in [0.15, 0.2) is 0 Å². The summed E-state index contributed by atoms with van der Waals surface area (Å²) in [6, 6.07) is 0.0408. The van der Waals surface area contributed by atoms with Gasteiger partial charge in [-0.25, -0.2) is 0 Å². The average Bonchev–Trinajstić information content (AvgIpc) is 2.54. The molecule has 2 rings (SSSR count). The second-order valence-corrected chi connectivity index (χ2v) is 6.59. The number of carbonyl (C=O) groups excluding carboxylic acids is 1. The predicted octanol–water partition coefficient (Wildman–Crippen LogP) is 1.78. The van der Waals surface area contributed by atoms with Gasteiger partial charge in [0, 0.05) is 39.3 Å². The van der Waals surface area contributed by atoms with Crippen LogP contribution >= 0.6 is 37.2 Å². The van der Waals surface area contributed by atoms with Crippen LogP contribution in [0.1, 0.15) is 33.1 Å². The summed E-state index contributed by atoms with van der Waals surface area (Å²) < 4.78 is 0. The third-order valence-electron chi connectivity index (χ3n) is 4.73. The minimum absolute atomic E-state index is 0. The van der Waals surface area contributed by atoms with Gasteiger partial charge >= 0.3 is 0 Å². The number of nitrogens with one attached hydrogen (secondary N) is 2. The third-order valence-corrected chi connectivity index (χ3v) is 4.73. The van der Waals surface area contributed by atoms with Gasteiger partial charge in [0.1, 0.15) is 0 Å². The molecule has 0 aromatic heterocycles. The largest absolute Gasteiger partial charge is 0.354 e. The van der Waals surface area contributed by atoms with Gasteiger partial charge in [0.2, 0.25) is 5.91 Å². The molecular formula is C16H35Cl3N4O. The number of hydrogen-bond donors (Lipinski definition) is 2. The molecule has 0 aromatic carbocycles. The summed E-state index contributed by atoms with van der Waals surface area (Å²) in [5.41, 5.74) is 0. The molecule has 8 heteroatoms. The number of likely N-dealkylation sites (N-methyl/N-ethyl adjacent to an activating group) is 1. The van der Waals surface area contributed by atoms with Crippen molar-refractivity contribution in [1.29, 1.82) is 0 Å². The van der Waals surface area contributed by atoms with Gasteiger partial charge in [0.25, 0.3) is 0 Å². The van der Waals surface area contributed by atoms with Crippen LogP contribution in [0, 0.1) is 5.92 Å². The second kappa shape index (κ2) is 14.4. The van der Waals surface area contributed by atoms with E-state index in [-0.39, 0.29) is 49.2 Å². The monoisotopic (exact) mass is 404 g/mol. The van der Waals surface area contributed by atoms with Crippen molar-refractivity contribution < 1.29 is 4.79 Å². The van der Waals surface area contributed by atoms with E-state index in [2.05, 4.69) is 34.3 Å². The van der Waals surface area contributed by atoms with Crippen LogP contribution in [0.3, 0.4) is 0 Å². The quantitative estimate of drug-likeness (QED) is 0.707. The molecule has 1 unspecified atom stereocenters. The molecule has 24 heavy (non-hydrogen) atoms. The Morgan fingerprint density at radius 3 is 2.29 bits per heavy atom. The first-order valence-corrected chi connectivity index (χ1v) is 8.65. The number of piperazine rings is 1. The highest BCUT2D eigenvalue weighted by molar-refractivity contribution is 5.86. The molecule has 2 aliphatic rings. The average molecular weight is 406 g/mol. The summed E-state index contributed by atoms with van der Waals surface area (Å²) in [4.78, 5) is 17.1. The molecule has 0 spiro atoms. The van der Waals surface area contributed by atoms with Gasteiger partial charge in [0.05, 0.1) is 6.04 Å². The summed E-state index contributed by atoms with van der Waals surface area (Å²) in [5, 5.41) is 6.43. The maximum absolute atomic E-state index is 12.1. The molecule has 2 heterocycles. The highest BCUT2D eigenvalue weighted by Crippen LogP contribution is 2.08. The molecular weight excluding hydrogens is 371 g/mol. The molecule has 1 amide bonds. The smallest absolute Gasteiger partial charge is 0.237 e. The van der Waals surface area contributed by atoms with Gasteiger partial charge in [-0.05, 0) is 31.8 Å². The van der Waals surface area contributed by atoms with Crippen molar-refractivity contribution in [2.45, 2.75) is 39.2 Å². The van der Waals surface area contributed by atoms with Crippen molar-refractivity contribution in [1.82, 2.24) is 20.4 Å². The molecule has 2 saturated heterocycles. The first kappa shape index (κ1) is 26.4. The lowest BCUT2D eigenvalue weighted by Crippen LogP contribution is -2.50. The normalized spacial score (nSPS) is 23.2. The molecule has 0 aliphatic carbocycles. The van der Waals surface area contributed by atoms with Crippen LogP contribution in [-0.4, -0.2) is 74.1 Å². The maximum atomic E-state index is 12.1. The van der Waals surface area contributed by atoms with E-state index in [1.807, 2.05) is 0 Å². The van der Waals surface area contributed by atoms with Crippen molar-refractivity contribution in [2.24, 2.45) is 5.92 Å². The zero-order chi connectivity index (χ0) is 15.1. The molecule has 2 fully saturated rings. The Kier molecular flexibility index (Phi) is 15.9. The van der Waals surface area contributed by atoms with Gasteiger partial charge < -0.3 is 20.4 Å². The molecule has 0 saturated carbocycles. The Morgan fingerprint density at radius 1 is 1.12 bits per heavy atom. The van der Waals surface area contributed by atoms with E-state index in [4.69, 9.17) is 0 Å². The highest BCUT2D eigenvalue weighted by atomic mass is 35.5. The van der Waals surface area contributed by atoms with Crippen LogP contribution in [-0.2, 0) is 4.79 Å². The number of amides is 1. The number of piperidine rings is 1. The molecule has 0 bridgehead atoms. The number of carbonyl (C=O) groups is 1. The fourth-order valence-corrected chi connectivity index (χ4v) is 3.27. The number of halogens is 3. The Labute approximate surface area is 165 Å². The van der Waals surface area contributed by atoms with Crippen molar-refractivity contribution >= 4 is 43.1 Å². The Balaban J connectivity index is 0. The van der Waals surface area contributed by atoms with E-state index in [9.17, 15) is 4.79 Å². The summed E-state index contributed by atoms with van der Waals surface area (Å²) in [7, 11) is 0. The summed E-state index contributed by atoms with van der Waals surface area (Å²) in [6.07, 6.45) is 3.35. The van der Waals surface area contributed by atoms with E-state index >= 15 is 0 Å². The zero-order valence-electron chi connectivity index (χ0n) is 15.0. The van der Waals surface area contributed by atoms with E-state index in [0.29, 0.717) is 5.92 Å². The summed E-state index contributed by atoms with van der Waals surface area (Å²) in [5.74, 6) is 0.711. The third kappa shape index (κ3) is 9.07. The van der Waals surface area contributed by atoms with Crippen LogP contribution < -0.4 is 10.6 Å². The molecule has 2 atom stereocenters. The zero-order valence-corrected chi connectivity index (χ0v) is 17.4. The van der Waals surface area contributed by atoms with Gasteiger partial charge in [-0.3, -0.25) is 4.79 Å². The summed E-state index contributed by atoms with van der Waals surface area (Å²) >= 11 is 0. The molecule has 2 N–H and O–H groups in total. The Morgan fingerprint density at radius 2 is 1.75 bits per heavy atom. The van der Waals surface area contributed by atoms with Crippen LogP contribution in [0.25, 0.3) is 0 Å². The predicted molar refractivity (Wildman–Crippen MR) is 108 cm³/mol. The van der Waals surface area contributed by atoms with Crippen molar-refractivity contribution in [3.05, 3.63) is 0 Å². The first-order valence-electron chi connectivity index (χ1n) is 8.65. The van der Waals surface area contributed by atoms with Crippen molar-refractivity contribution in [3.63, 3.8) is 0 Å². The Bertz CT molecular complexity index is 322. The maximum Gasteiger partial charge on any atom is 0.237 e. The Hall–Kier alpha value is 0.220.